The molecule has 7 nitrogen and oxygen atoms in total. The minimum atomic E-state index is -0.934. The van der Waals surface area contributed by atoms with Crippen LogP contribution in [0.4, 0.5) is 0 Å². The molecule has 2 atom stereocenters. The molecule has 0 bridgehead atoms. The third kappa shape index (κ3) is 9.09. The number of aryl methyl sites for hydroxylation is 1. The van der Waals surface area contributed by atoms with Gasteiger partial charge in [0.2, 0.25) is 0 Å². The van der Waals surface area contributed by atoms with Crippen molar-refractivity contribution in [3.8, 4) is 11.5 Å². The highest BCUT2D eigenvalue weighted by Gasteiger charge is 2.25. The molecule has 0 fully saturated rings. The Morgan fingerprint density at radius 1 is 0.857 bits per heavy atom. The van der Waals surface area contributed by atoms with Gasteiger partial charge in [0.25, 0.3) is 11.8 Å². The van der Waals surface area contributed by atoms with Crippen LogP contribution in [0.5, 0.6) is 11.5 Å². The monoisotopic (exact) mass is 603 g/mol. The van der Waals surface area contributed by atoms with E-state index in [-0.39, 0.29) is 11.4 Å². The predicted molar refractivity (Wildman–Crippen MR) is 166 cm³/mol. The van der Waals surface area contributed by atoms with Gasteiger partial charge in [-0.2, -0.15) is 5.10 Å². The van der Waals surface area contributed by atoms with Crippen molar-refractivity contribution in [3.63, 3.8) is 0 Å². The molecule has 0 saturated heterocycles. The molecule has 0 aliphatic rings. The SMILES string of the molecule is Cc1ccc(COc2ccccc2/C=N\NC(=O)[C@@H](Cc2ccccc2)NC(=O)[C@H](C)Oc2ccc(Cl)cc2Cl)cc1. The molecule has 4 aromatic carbocycles. The highest BCUT2D eigenvalue weighted by Crippen LogP contribution is 2.28. The fourth-order valence-electron chi connectivity index (χ4n) is 3.97. The number of hydrogen-bond donors (Lipinski definition) is 2. The zero-order chi connectivity index (χ0) is 29.9. The molecule has 0 spiro atoms. The van der Waals surface area contributed by atoms with Crippen molar-refractivity contribution in [2.75, 3.05) is 0 Å². The Hall–Kier alpha value is -4.33. The molecular formula is C33H31Cl2N3O4. The summed E-state index contributed by atoms with van der Waals surface area (Å²) in [5.74, 6) is -0.0492. The third-order valence-electron chi connectivity index (χ3n) is 6.29. The summed E-state index contributed by atoms with van der Waals surface area (Å²) in [6, 6.07) is 28.7. The summed E-state index contributed by atoms with van der Waals surface area (Å²) < 4.78 is 11.7. The Balaban J connectivity index is 1.41. The number of rotatable bonds is 12. The molecule has 2 N–H and O–H groups in total. The van der Waals surface area contributed by atoms with Gasteiger partial charge in [-0.3, -0.25) is 9.59 Å². The van der Waals surface area contributed by atoms with E-state index >= 15 is 0 Å². The third-order valence-corrected chi connectivity index (χ3v) is 6.83. The van der Waals surface area contributed by atoms with Crippen molar-refractivity contribution in [2.45, 2.75) is 39.0 Å². The van der Waals surface area contributed by atoms with Gasteiger partial charge in [0, 0.05) is 17.0 Å². The number of amides is 2. The summed E-state index contributed by atoms with van der Waals surface area (Å²) in [5.41, 5.74) is 6.32. The van der Waals surface area contributed by atoms with Crippen LogP contribution in [0.25, 0.3) is 0 Å². The molecule has 0 heterocycles. The Morgan fingerprint density at radius 3 is 2.31 bits per heavy atom. The maximum absolute atomic E-state index is 13.2. The quantitative estimate of drug-likeness (QED) is 0.142. The van der Waals surface area contributed by atoms with Crippen LogP contribution in [-0.4, -0.2) is 30.2 Å². The maximum atomic E-state index is 13.2. The zero-order valence-corrected chi connectivity index (χ0v) is 24.7. The number of nitrogens with zero attached hydrogens (tertiary/aromatic N) is 1. The van der Waals surface area contributed by atoms with E-state index in [2.05, 4.69) is 15.8 Å². The van der Waals surface area contributed by atoms with E-state index < -0.39 is 24.0 Å². The molecule has 9 heteroatoms. The fourth-order valence-corrected chi connectivity index (χ4v) is 4.42. The number of carbonyl (C=O) groups excluding carboxylic acids is 2. The van der Waals surface area contributed by atoms with E-state index in [0.29, 0.717) is 28.7 Å². The first kappa shape index (κ1) is 30.6. The molecule has 0 aliphatic heterocycles. The highest BCUT2D eigenvalue weighted by atomic mass is 35.5. The molecule has 4 aromatic rings. The van der Waals surface area contributed by atoms with Crippen molar-refractivity contribution < 1.29 is 19.1 Å². The molecule has 0 aliphatic carbocycles. The number of carbonyl (C=O) groups is 2. The van der Waals surface area contributed by atoms with Crippen LogP contribution < -0.4 is 20.2 Å². The van der Waals surface area contributed by atoms with Gasteiger partial charge in [-0.15, -0.1) is 0 Å². The predicted octanol–water partition coefficient (Wildman–Crippen LogP) is 6.53. The fraction of sp³-hybridized carbons (Fsp3) is 0.182. The van der Waals surface area contributed by atoms with Crippen LogP contribution in [-0.2, 0) is 22.6 Å². The summed E-state index contributed by atoms with van der Waals surface area (Å²) >= 11 is 12.1. The lowest BCUT2D eigenvalue weighted by Crippen LogP contribution is -2.50. The van der Waals surface area contributed by atoms with Crippen LogP contribution in [0.1, 0.15) is 29.2 Å². The van der Waals surface area contributed by atoms with E-state index in [0.717, 1.165) is 11.1 Å². The van der Waals surface area contributed by atoms with E-state index in [1.807, 2.05) is 85.8 Å². The maximum Gasteiger partial charge on any atom is 0.262 e. The molecule has 0 aromatic heterocycles. The molecule has 42 heavy (non-hydrogen) atoms. The van der Waals surface area contributed by atoms with Crippen LogP contribution in [0.2, 0.25) is 10.0 Å². The van der Waals surface area contributed by atoms with Gasteiger partial charge in [-0.25, -0.2) is 5.43 Å². The Kier molecular flexibility index (Phi) is 11.0. The van der Waals surface area contributed by atoms with Gasteiger partial charge < -0.3 is 14.8 Å². The molecule has 2 amide bonds. The number of ether oxygens (including phenoxy) is 2. The summed E-state index contributed by atoms with van der Waals surface area (Å²) in [6.07, 6.45) is 0.826. The lowest BCUT2D eigenvalue weighted by atomic mass is 10.1. The van der Waals surface area contributed by atoms with Crippen molar-refractivity contribution in [1.82, 2.24) is 10.7 Å². The summed E-state index contributed by atoms with van der Waals surface area (Å²) in [7, 11) is 0. The van der Waals surface area contributed by atoms with Gasteiger partial charge in [0.05, 0.1) is 11.2 Å². The zero-order valence-electron chi connectivity index (χ0n) is 23.2. The number of nitrogens with one attached hydrogen (secondary N) is 2. The van der Waals surface area contributed by atoms with Crippen molar-refractivity contribution in [3.05, 3.63) is 129 Å². The molecular weight excluding hydrogens is 573 g/mol. The average Bonchev–Trinajstić information content (AvgIpc) is 2.99. The van der Waals surface area contributed by atoms with Gasteiger partial charge in [0.15, 0.2) is 6.10 Å². The van der Waals surface area contributed by atoms with Crippen molar-refractivity contribution in [1.29, 1.82) is 0 Å². The molecule has 216 valence electrons. The second-order valence-corrected chi connectivity index (χ2v) is 10.5. The van der Waals surface area contributed by atoms with E-state index in [1.165, 1.54) is 17.8 Å². The molecule has 0 unspecified atom stereocenters. The number of benzene rings is 4. The largest absolute Gasteiger partial charge is 0.488 e. The van der Waals surface area contributed by atoms with Crippen LogP contribution >= 0.6 is 23.2 Å². The lowest BCUT2D eigenvalue weighted by Gasteiger charge is -2.21. The molecule has 4 rings (SSSR count). The normalized spacial score (nSPS) is 12.4. The first-order valence-corrected chi connectivity index (χ1v) is 14.1. The number of para-hydroxylation sites is 1. The second kappa shape index (κ2) is 15.1. The molecule has 0 radical (unpaired) electrons. The molecule has 0 saturated carbocycles. The van der Waals surface area contributed by atoms with E-state index in [9.17, 15) is 9.59 Å². The first-order valence-electron chi connectivity index (χ1n) is 13.3. The van der Waals surface area contributed by atoms with Crippen LogP contribution in [0, 0.1) is 6.92 Å². The standard InChI is InChI=1S/C33H31Cl2N3O4/c1-22-12-14-25(15-13-22)21-41-30-11-7-6-10-26(30)20-36-38-33(40)29(18-24-8-4-3-5-9-24)37-32(39)23(2)42-31-17-16-27(34)19-28(31)35/h3-17,19-20,23,29H,18,21H2,1-2H3,(H,37,39)(H,38,40)/b36-20-/t23-,29+/m0/s1. The van der Waals surface area contributed by atoms with E-state index in [4.69, 9.17) is 32.7 Å². The highest BCUT2D eigenvalue weighted by molar-refractivity contribution is 6.35. The Bertz CT molecular complexity index is 1530. The van der Waals surface area contributed by atoms with Crippen molar-refractivity contribution in [2.24, 2.45) is 5.10 Å². The van der Waals surface area contributed by atoms with Crippen molar-refractivity contribution >= 4 is 41.2 Å². The number of hydrogen-bond acceptors (Lipinski definition) is 5. The average molecular weight is 605 g/mol. The Labute approximate surface area is 255 Å². The van der Waals surface area contributed by atoms with Gasteiger partial charge in [0.1, 0.15) is 24.1 Å². The smallest absolute Gasteiger partial charge is 0.262 e. The topological polar surface area (TPSA) is 89.0 Å². The van der Waals surface area contributed by atoms with E-state index in [1.54, 1.807) is 19.1 Å². The number of hydrazone groups is 1. The minimum Gasteiger partial charge on any atom is -0.488 e. The lowest BCUT2D eigenvalue weighted by molar-refractivity contribution is -0.132. The minimum absolute atomic E-state index is 0.249. The Morgan fingerprint density at radius 2 is 1.57 bits per heavy atom. The van der Waals surface area contributed by atoms with Gasteiger partial charge in [-0.1, -0.05) is 95.5 Å². The van der Waals surface area contributed by atoms with Crippen LogP contribution in [0.3, 0.4) is 0 Å². The number of halogens is 2. The van der Waals surface area contributed by atoms with Gasteiger partial charge in [-0.05, 0) is 55.3 Å². The summed E-state index contributed by atoms with van der Waals surface area (Å²) in [5, 5.41) is 7.65. The van der Waals surface area contributed by atoms with Crippen LogP contribution in [0.15, 0.2) is 102 Å². The summed E-state index contributed by atoms with van der Waals surface area (Å²) in [4.78, 5) is 26.3. The van der Waals surface area contributed by atoms with Gasteiger partial charge >= 0.3 is 0 Å². The summed E-state index contributed by atoms with van der Waals surface area (Å²) in [6.45, 7) is 4.00. The first-order chi connectivity index (χ1) is 20.3. The second-order valence-electron chi connectivity index (χ2n) is 9.63.